The monoisotopic (exact) mass is 804 g/mol. The van der Waals surface area contributed by atoms with Gasteiger partial charge in [0.25, 0.3) is 0 Å². The smallest absolute Gasteiger partial charge is 0.0623 e. The molecule has 0 nitrogen and oxygen atoms in total. The predicted molar refractivity (Wildman–Crippen MR) is 226 cm³/mol. The van der Waals surface area contributed by atoms with E-state index in [2.05, 4.69) is 219 Å². The van der Waals surface area contributed by atoms with Crippen molar-refractivity contribution in [3.8, 4) is 66.8 Å². The second-order valence-corrected chi connectivity index (χ2v) is 35.5. The molecule has 0 saturated carbocycles. The first-order valence-corrected chi connectivity index (χ1v) is 29.9. The summed E-state index contributed by atoms with van der Waals surface area (Å²) in [6, 6.07) is 72.7. The first-order chi connectivity index (χ1) is 25.5. The van der Waals surface area contributed by atoms with Gasteiger partial charge in [-0.3, -0.25) is 0 Å². The van der Waals surface area contributed by atoms with Crippen molar-refractivity contribution >= 4 is 22.5 Å². The van der Waals surface area contributed by atoms with Crippen molar-refractivity contribution < 1.29 is 18.0 Å². The molecule has 0 aliphatic heterocycles. The summed E-state index contributed by atoms with van der Waals surface area (Å²) in [5.41, 5.74) is 15.1. The molecular weight excluding hydrogens is 767 g/mol. The third-order valence-corrected chi connectivity index (χ3v) is 28.5. The van der Waals surface area contributed by atoms with Gasteiger partial charge in [-0.1, -0.05) is 215 Å². The van der Waals surface area contributed by atoms with Gasteiger partial charge in [-0.25, -0.2) is 0 Å². The van der Waals surface area contributed by atoms with Crippen LogP contribution in [-0.2, 0) is 18.0 Å². The van der Waals surface area contributed by atoms with Crippen LogP contribution in [0.25, 0.3) is 66.8 Å². The number of hydrogen-bond acceptors (Lipinski definition) is 0. The third-order valence-electron chi connectivity index (χ3n) is 8.75. The molecule has 0 atom stereocenters. The van der Waals surface area contributed by atoms with Crippen molar-refractivity contribution in [3.63, 3.8) is 0 Å². The van der Waals surface area contributed by atoms with Gasteiger partial charge in [0.15, 0.2) is 0 Å². The third kappa shape index (κ3) is 9.57. The van der Waals surface area contributed by atoms with Crippen LogP contribution in [0, 0.1) is 0 Å². The summed E-state index contributed by atoms with van der Waals surface area (Å²) in [6.07, 6.45) is 0. The number of halogens is 2. The molecule has 256 valence electrons. The van der Waals surface area contributed by atoms with Crippen molar-refractivity contribution in [2.75, 3.05) is 0 Å². The van der Waals surface area contributed by atoms with Crippen molar-refractivity contribution in [1.82, 2.24) is 0 Å². The second-order valence-electron chi connectivity index (χ2n) is 12.5. The van der Waals surface area contributed by atoms with Crippen molar-refractivity contribution in [2.24, 2.45) is 0 Å². The van der Waals surface area contributed by atoms with Gasteiger partial charge in [-0.05, 0) is 0 Å². The molecule has 0 spiro atoms. The second kappa shape index (κ2) is 19.0. The number of rotatable bonds is 6. The Morgan fingerprint density at radius 3 is 0.846 bits per heavy atom. The van der Waals surface area contributed by atoms with Crippen LogP contribution in [0.15, 0.2) is 206 Å². The topological polar surface area (TPSA) is 0 Å². The predicted octanol–water partition coefficient (Wildman–Crippen LogP) is 15.0. The minimum Gasteiger partial charge on any atom is -0.145 e. The average molecular weight is 807 g/mol. The van der Waals surface area contributed by atoms with E-state index in [1.54, 1.807) is 0 Å². The average Bonchev–Trinajstić information content (AvgIpc) is 3.87. The van der Waals surface area contributed by atoms with Gasteiger partial charge in [-0.2, -0.15) is 0 Å². The Labute approximate surface area is 324 Å². The van der Waals surface area contributed by atoms with E-state index in [0.29, 0.717) is 0 Å². The van der Waals surface area contributed by atoms with Crippen LogP contribution in [0.5, 0.6) is 0 Å². The van der Waals surface area contributed by atoms with Crippen LogP contribution in [0.2, 0.25) is 13.1 Å². The number of hydrogen-bond donors (Lipinski definition) is 0. The van der Waals surface area contributed by atoms with Crippen LogP contribution in [-0.4, -0.2) is 5.43 Å². The maximum absolute atomic E-state index is 5.62. The molecule has 0 aliphatic carbocycles. The Balaban J connectivity index is 0.000000155. The van der Waals surface area contributed by atoms with Gasteiger partial charge in [0.2, 0.25) is 0 Å². The fraction of sp³-hybridized carbons (Fsp3) is 0.0417. The molecule has 52 heavy (non-hydrogen) atoms. The molecule has 0 amide bonds. The fourth-order valence-electron chi connectivity index (χ4n) is 6.22. The first kappa shape index (κ1) is 37.5. The molecule has 8 aromatic carbocycles. The van der Waals surface area contributed by atoms with E-state index in [-0.39, 0.29) is 5.43 Å². The summed E-state index contributed by atoms with van der Waals surface area (Å²) < 4.78 is 0. The van der Waals surface area contributed by atoms with E-state index >= 15 is 0 Å². The molecule has 0 saturated heterocycles. The van der Waals surface area contributed by atoms with Gasteiger partial charge in [0, 0.05) is 0 Å². The molecule has 0 heterocycles. The van der Waals surface area contributed by atoms with E-state index < -0.39 is 18.0 Å². The number of benzene rings is 6. The normalized spacial score (nSPS) is 10.3. The molecule has 0 radical (unpaired) electrons. The zero-order valence-corrected chi connectivity index (χ0v) is 34.4. The largest absolute Gasteiger partial charge is 0.145 e. The summed E-state index contributed by atoms with van der Waals surface area (Å²) in [5, 5.41) is 0. The van der Waals surface area contributed by atoms with Crippen molar-refractivity contribution in [3.05, 3.63) is 206 Å². The Morgan fingerprint density at radius 2 is 0.596 bits per heavy atom. The van der Waals surface area contributed by atoms with Crippen LogP contribution in [0.3, 0.4) is 0 Å². The maximum Gasteiger partial charge on any atom is -0.0623 e. The van der Waals surface area contributed by atoms with Gasteiger partial charge in [-0.15, -0.1) is 57.6 Å². The minimum atomic E-state index is -1.65. The Kier molecular flexibility index (Phi) is 13.7. The SMILES string of the molecule is C[Si](C)=[Zr]([Cl])[Cl].c1ccc(-c2c[cH-]c(-c3ccccc3)c2-c2ccccc2)cc1.c1ccc(-c2c[cH-]c(-c3ccccc3)c2-c2ccccc2)cc1. The molecule has 0 fully saturated rings. The van der Waals surface area contributed by atoms with Gasteiger partial charge >= 0.3 is 53.5 Å². The molecule has 0 aliphatic rings. The summed E-state index contributed by atoms with van der Waals surface area (Å²) in [5.74, 6) is 0. The molecule has 8 aromatic rings. The summed E-state index contributed by atoms with van der Waals surface area (Å²) in [7, 11) is 11.2. The molecular formula is C48H40Cl2SiZr-2. The van der Waals surface area contributed by atoms with E-state index in [1.807, 2.05) is 0 Å². The van der Waals surface area contributed by atoms with E-state index in [4.69, 9.17) is 17.0 Å². The quantitative estimate of drug-likeness (QED) is 0.116. The van der Waals surface area contributed by atoms with E-state index in [9.17, 15) is 0 Å². The molecule has 0 aromatic heterocycles. The zero-order chi connectivity index (χ0) is 36.1. The first-order valence-electron chi connectivity index (χ1n) is 17.4. The van der Waals surface area contributed by atoms with Crippen LogP contribution < -0.4 is 0 Å². The Hall–Kier alpha value is -4.30. The van der Waals surface area contributed by atoms with Gasteiger partial charge in [0.1, 0.15) is 0 Å². The summed E-state index contributed by atoms with van der Waals surface area (Å²) >= 11 is -1.65. The van der Waals surface area contributed by atoms with Crippen LogP contribution >= 0.6 is 17.0 Å². The Morgan fingerprint density at radius 1 is 0.365 bits per heavy atom. The summed E-state index contributed by atoms with van der Waals surface area (Å²) in [6.45, 7) is 4.33. The van der Waals surface area contributed by atoms with Crippen LogP contribution in [0.1, 0.15) is 0 Å². The minimum absolute atomic E-state index is 0.224. The Bertz CT molecular complexity index is 2010. The maximum atomic E-state index is 5.62. The van der Waals surface area contributed by atoms with Gasteiger partial charge in [0.05, 0.1) is 0 Å². The van der Waals surface area contributed by atoms with Crippen molar-refractivity contribution in [2.45, 2.75) is 13.1 Å². The molecule has 8 rings (SSSR count). The van der Waals surface area contributed by atoms with Crippen molar-refractivity contribution in [1.29, 1.82) is 0 Å². The van der Waals surface area contributed by atoms with E-state index in [0.717, 1.165) is 0 Å². The van der Waals surface area contributed by atoms with E-state index in [1.165, 1.54) is 66.8 Å². The summed E-state index contributed by atoms with van der Waals surface area (Å²) in [4.78, 5) is 0. The standard InChI is InChI=1S/2C23H17.C2H6Si.2ClH.Zr/c2*1-4-10-18(11-5-1)21-16-17-22(19-12-6-2-7-13-19)23(21)20-14-8-3-9-15-20;1-3-2;;;/h2*1-17H;1-2H3;2*1H;/q2*-1;;;;+2/p-2. The molecule has 4 heteroatoms. The molecule has 0 N–H and O–H groups in total. The van der Waals surface area contributed by atoms with Crippen LogP contribution in [0.4, 0.5) is 0 Å². The molecule has 0 unspecified atom stereocenters. The molecule has 0 bridgehead atoms. The zero-order valence-electron chi connectivity index (χ0n) is 29.4. The fourth-order valence-corrected chi connectivity index (χ4v) is 6.22. The van der Waals surface area contributed by atoms with Gasteiger partial charge < -0.3 is 0 Å².